The third kappa shape index (κ3) is 6.29. The number of nitrogens with one attached hydrogen (secondary N) is 2. The smallest absolute Gasteiger partial charge is 0.251 e. The van der Waals surface area contributed by atoms with E-state index in [-0.39, 0.29) is 18.0 Å². The molecular formula is C20H23FN2O3. The summed E-state index contributed by atoms with van der Waals surface area (Å²) in [7, 11) is 0. The fraction of sp³-hybridized carbons (Fsp3) is 0.300. The van der Waals surface area contributed by atoms with E-state index in [0.717, 1.165) is 23.6 Å². The van der Waals surface area contributed by atoms with Gasteiger partial charge in [0.1, 0.15) is 5.82 Å². The fourth-order valence-corrected chi connectivity index (χ4v) is 2.35. The van der Waals surface area contributed by atoms with E-state index in [4.69, 9.17) is 4.74 Å². The monoisotopic (exact) mass is 358 g/mol. The Morgan fingerprint density at radius 3 is 2.54 bits per heavy atom. The second kappa shape index (κ2) is 10.3. The first-order valence-electron chi connectivity index (χ1n) is 8.55. The van der Waals surface area contributed by atoms with Crippen LogP contribution in [0.15, 0.2) is 48.5 Å². The summed E-state index contributed by atoms with van der Waals surface area (Å²) in [5.41, 5.74) is 2.16. The highest BCUT2D eigenvalue weighted by Gasteiger charge is 2.09. The average molecular weight is 358 g/mol. The molecule has 0 aliphatic heterocycles. The summed E-state index contributed by atoms with van der Waals surface area (Å²) in [6, 6.07) is 13.0. The summed E-state index contributed by atoms with van der Waals surface area (Å²) in [6.45, 7) is 3.40. The van der Waals surface area contributed by atoms with Crippen LogP contribution in [0.3, 0.4) is 0 Å². The number of rotatable bonds is 9. The lowest BCUT2D eigenvalue weighted by molar-refractivity contribution is -0.120. The number of carbonyl (C=O) groups is 2. The highest BCUT2D eigenvalue weighted by Crippen LogP contribution is 2.10. The summed E-state index contributed by atoms with van der Waals surface area (Å²) in [5.74, 6) is -1.31. The lowest BCUT2D eigenvalue weighted by atomic mass is 10.1. The van der Waals surface area contributed by atoms with Gasteiger partial charge in [-0.1, -0.05) is 37.3 Å². The first-order valence-corrected chi connectivity index (χ1v) is 8.55. The molecule has 2 aromatic carbocycles. The summed E-state index contributed by atoms with van der Waals surface area (Å²) in [5, 5.41) is 5.24. The molecule has 0 spiro atoms. The molecule has 0 aromatic heterocycles. The van der Waals surface area contributed by atoms with Crippen molar-refractivity contribution in [2.24, 2.45) is 0 Å². The molecule has 2 aromatic rings. The SMILES string of the molecule is CCCOCc1ccccc1CNC(=O)CNC(=O)c1cccc(F)c1. The topological polar surface area (TPSA) is 67.4 Å². The third-order valence-corrected chi connectivity index (χ3v) is 3.70. The molecule has 0 saturated carbocycles. The van der Waals surface area contributed by atoms with E-state index in [9.17, 15) is 14.0 Å². The molecule has 0 heterocycles. The van der Waals surface area contributed by atoms with Crippen LogP contribution in [0.4, 0.5) is 4.39 Å². The summed E-state index contributed by atoms with van der Waals surface area (Å²) in [6.07, 6.45) is 0.948. The fourth-order valence-electron chi connectivity index (χ4n) is 2.35. The van der Waals surface area contributed by atoms with Crippen LogP contribution in [0.2, 0.25) is 0 Å². The second-order valence-electron chi connectivity index (χ2n) is 5.79. The Balaban J connectivity index is 1.81. The quantitative estimate of drug-likeness (QED) is 0.678. The van der Waals surface area contributed by atoms with Crippen LogP contribution < -0.4 is 10.6 Å². The van der Waals surface area contributed by atoms with Crippen molar-refractivity contribution in [3.63, 3.8) is 0 Å². The van der Waals surface area contributed by atoms with Crippen molar-refractivity contribution in [3.05, 3.63) is 71.0 Å². The molecule has 138 valence electrons. The van der Waals surface area contributed by atoms with Crippen molar-refractivity contribution >= 4 is 11.8 Å². The van der Waals surface area contributed by atoms with Crippen molar-refractivity contribution in [1.82, 2.24) is 10.6 Å². The Hall–Kier alpha value is -2.73. The van der Waals surface area contributed by atoms with Gasteiger partial charge in [-0.05, 0) is 35.7 Å². The van der Waals surface area contributed by atoms with Crippen LogP contribution in [0.5, 0.6) is 0 Å². The highest BCUT2D eigenvalue weighted by molar-refractivity contribution is 5.96. The minimum atomic E-state index is -0.496. The zero-order valence-electron chi connectivity index (χ0n) is 14.8. The molecule has 0 atom stereocenters. The predicted octanol–water partition coefficient (Wildman–Crippen LogP) is 2.80. The van der Waals surface area contributed by atoms with Gasteiger partial charge >= 0.3 is 0 Å². The van der Waals surface area contributed by atoms with Crippen molar-refractivity contribution < 1.29 is 18.7 Å². The van der Waals surface area contributed by atoms with Crippen LogP contribution >= 0.6 is 0 Å². The van der Waals surface area contributed by atoms with E-state index in [2.05, 4.69) is 10.6 Å². The van der Waals surface area contributed by atoms with Gasteiger partial charge in [-0.25, -0.2) is 4.39 Å². The molecule has 26 heavy (non-hydrogen) atoms. The van der Waals surface area contributed by atoms with Gasteiger partial charge in [-0.2, -0.15) is 0 Å². The van der Waals surface area contributed by atoms with Crippen molar-refractivity contribution in [2.75, 3.05) is 13.2 Å². The standard InChI is InChI=1S/C20H23FN2O3/c1-2-10-26-14-17-7-4-3-6-16(17)12-22-19(24)13-23-20(25)15-8-5-9-18(21)11-15/h3-9,11H,2,10,12-14H2,1H3,(H,22,24)(H,23,25). The highest BCUT2D eigenvalue weighted by atomic mass is 19.1. The molecule has 2 rings (SSSR count). The average Bonchev–Trinajstić information content (AvgIpc) is 2.65. The van der Waals surface area contributed by atoms with E-state index < -0.39 is 11.7 Å². The number of hydrogen-bond acceptors (Lipinski definition) is 3. The van der Waals surface area contributed by atoms with Crippen LogP contribution in [0.25, 0.3) is 0 Å². The molecule has 0 aliphatic carbocycles. The lowest BCUT2D eigenvalue weighted by Gasteiger charge is -2.11. The van der Waals surface area contributed by atoms with Gasteiger partial charge in [0.15, 0.2) is 0 Å². The molecule has 0 bridgehead atoms. The van der Waals surface area contributed by atoms with Crippen molar-refractivity contribution in [2.45, 2.75) is 26.5 Å². The molecule has 0 radical (unpaired) electrons. The summed E-state index contributed by atoms with van der Waals surface area (Å²) < 4.78 is 18.7. The molecule has 5 nitrogen and oxygen atoms in total. The molecule has 0 aliphatic rings. The molecule has 2 N–H and O–H groups in total. The van der Waals surface area contributed by atoms with Gasteiger partial charge in [0.25, 0.3) is 5.91 Å². The summed E-state index contributed by atoms with van der Waals surface area (Å²) in [4.78, 5) is 23.9. The Labute approximate surface area is 152 Å². The van der Waals surface area contributed by atoms with E-state index in [1.807, 2.05) is 31.2 Å². The Kier molecular flexibility index (Phi) is 7.76. The molecular weight excluding hydrogens is 335 g/mol. The molecule has 0 unspecified atom stereocenters. The summed E-state index contributed by atoms with van der Waals surface area (Å²) >= 11 is 0. The molecule has 6 heteroatoms. The zero-order valence-corrected chi connectivity index (χ0v) is 14.8. The minimum absolute atomic E-state index is 0.177. The predicted molar refractivity (Wildman–Crippen MR) is 97.0 cm³/mol. The Bertz CT molecular complexity index is 749. The Morgan fingerprint density at radius 2 is 1.81 bits per heavy atom. The van der Waals surface area contributed by atoms with Gasteiger partial charge in [0.2, 0.25) is 5.91 Å². The maximum atomic E-state index is 13.1. The molecule has 0 saturated heterocycles. The van der Waals surface area contributed by atoms with E-state index in [0.29, 0.717) is 19.8 Å². The first kappa shape index (κ1) is 19.6. The van der Waals surface area contributed by atoms with E-state index in [1.54, 1.807) is 0 Å². The number of carbonyl (C=O) groups excluding carboxylic acids is 2. The van der Waals surface area contributed by atoms with Gasteiger partial charge in [0.05, 0.1) is 13.2 Å². The van der Waals surface area contributed by atoms with Crippen LogP contribution in [-0.4, -0.2) is 25.0 Å². The third-order valence-electron chi connectivity index (χ3n) is 3.70. The van der Waals surface area contributed by atoms with Gasteiger partial charge in [0, 0.05) is 18.7 Å². The van der Waals surface area contributed by atoms with Crippen LogP contribution in [-0.2, 0) is 22.7 Å². The number of amides is 2. The maximum Gasteiger partial charge on any atom is 0.251 e. The molecule has 0 fully saturated rings. The minimum Gasteiger partial charge on any atom is -0.377 e. The maximum absolute atomic E-state index is 13.1. The molecule has 2 amide bonds. The van der Waals surface area contributed by atoms with Crippen LogP contribution in [0.1, 0.15) is 34.8 Å². The Morgan fingerprint density at radius 1 is 1.04 bits per heavy atom. The normalized spacial score (nSPS) is 10.4. The van der Waals surface area contributed by atoms with Gasteiger partial charge in [-0.3, -0.25) is 9.59 Å². The van der Waals surface area contributed by atoms with E-state index >= 15 is 0 Å². The number of ether oxygens (including phenoxy) is 1. The first-order chi connectivity index (χ1) is 12.6. The second-order valence-corrected chi connectivity index (χ2v) is 5.79. The van der Waals surface area contributed by atoms with Gasteiger partial charge < -0.3 is 15.4 Å². The van der Waals surface area contributed by atoms with Crippen LogP contribution in [0, 0.1) is 5.82 Å². The largest absolute Gasteiger partial charge is 0.377 e. The van der Waals surface area contributed by atoms with E-state index in [1.165, 1.54) is 18.2 Å². The number of benzene rings is 2. The lowest BCUT2D eigenvalue weighted by Crippen LogP contribution is -2.36. The number of hydrogen-bond donors (Lipinski definition) is 2. The van der Waals surface area contributed by atoms with Crippen molar-refractivity contribution in [3.8, 4) is 0 Å². The zero-order chi connectivity index (χ0) is 18.8. The van der Waals surface area contributed by atoms with Gasteiger partial charge in [-0.15, -0.1) is 0 Å². The number of halogens is 1. The van der Waals surface area contributed by atoms with Crippen molar-refractivity contribution in [1.29, 1.82) is 0 Å².